The van der Waals surface area contributed by atoms with Crippen molar-refractivity contribution in [3.63, 3.8) is 0 Å². The van der Waals surface area contributed by atoms with Gasteiger partial charge in [0.05, 0.1) is 7.11 Å². The molecule has 0 aliphatic carbocycles. The maximum atomic E-state index is 11.8. The molecule has 0 spiro atoms. The highest BCUT2D eigenvalue weighted by atomic mass is 16.7. The minimum absolute atomic E-state index is 0.670. The fourth-order valence-electron chi connectivity index (χ4n) is 2.16. The predicted octanol–water partition coefficient (Wildman–Crippen LogP) is 0.0730. The third-order valence-corrected chi connectivity index (χ3v) is 2.97. The van der Waals surface area contributed by atoms with Crippen molar-refractivity contribution in [1.29, 1.82) is 0 Å². The minimum Gasteiger partial charge on any atom is -0.469 e. The summed E-state index contributed by atoms with van der Waals surface area (Å²) in [6.45, 7) is 2.28. The molecule has 0 bridgehead atoms. The molecule has 11 heteroatoms. The molecule has 1 fully saturated rings. The average molecular weight is 331 g/mol. The van der Waals surface area contributed by atoms with Gasteiger partial charge in [0.15, 0.2) is 24.5 Å². The first kappa shape index (κ1) is 18.7. The summed E-state index contributed by atoms with van der Waals surface area (Å²) in [6.07, 6.45) is -4.70. The van der Waals surface area contributed by atoms with Crippen molar-refractivity contribution in [2.24, 2.45) is 5.11 Å². The van der Waals surface area contributed by atoms with Gasteiger partial charge in [0.25, 0.3) is 0 Å². The zero-order valence-electron chi connectivity index (χ0n) is 13.0. The SMILES string of the molecule is COC(=O)[C@@H](N=[N+]=[N-])[C@H]1O[C@@H](OC)[C@H](OC(C)=O)[C@@H]1OC(C)=O. The van der Waals surface area contributed by atoms with Gasteiger partial charge in [0.1, 0.15) is 6.10 Å². The number of rotatable bonds is 6. The van der Waals surface area contributed by atoms with E-state index in [0.717, 1.165) is 21.0 Å². The van der Waals surface area contributed by atoms with Crippen molar-refractivity contribution in [3.8, 4) is 0 Å². The van der Waals surface area contributed by atoms with Gasteiger partial charge in [-0.2, -0.15) is 0 Å². The molecule has 128 valence electrons. The molecule has 0 N–H and O–H groups in total. The fourth-order valence-corrected chi connectivity index (χ4v) is 2.16. The number of hydrogen-bond donors (Lipinski definition) is 0. The van der Waals surface area contributed by atoms with E-state index in [0.29, 0.717) is 0 Å². The second-order valence-corrected chi connectivity index (χ2v) is 4.53. The molecule has 5 atom stereocenters. The van der Waals surface area contributed by atoms with E-state index in [2.05, 4.69) is 14.8 Å². The molecule has 0 amide bonds. The zero-order valence-corrected chi connectivity index (χ0v) is 13.0. The summed E-state index contributed by atoms with van der Waals surface area (Å²) in [6, 6.07) is -1.45. The van der Waals surface area contributed by atoms with Gasteiger partial charge >= 0.3 is 17.9 Å². The number of azide groups is 1. The third-order valence-electron chi connectivity index (χ3n) is 2.97. The highest BCUT2D eigenvalue weighted by Gasteiger charge is 2.54. The molecule has 0 aromatic carbocycles. The van der Waals surface area contributed by atoms with Crippen LogP contribution in [0.3, 0.4) is 0 Å². The Labute approximate surface area is 131 Å². The maximum Gasteiger partial charge on any atom is 0.317 e. The Morgan fingerprint density at radius 2 is 1.70 bits per heavy atom. The Kier molecular flexibility index (Phi) is 6.76. The Morgan fingerprint density at radius 1 is 1.13 bits per heavy atom. The van der Waals surface area contributed by atoms with E-state index < -0.39 is 48.6 Å². The van der Waals surface area contributed by atoms with Crippen molar-refractivity contribution in [3.05, 3.63) is 10.4 Å². The predicted molar refractivity (Wildman–Crippen MR) is 71.7 cm³/mol. The average Bonchev–Trinajstić information content (AvgIpc) is 2.80. The van der Waals surface area contributed by atoms with E-state index >= 15 is 0 Å². The summed E-state index contributed by atoms with van der Waals surface area (Å²) in [5.41, 5.74) is 8.61. The van der Waals surface area contributed by atoms with E-state index in [1.807, 2.05) is 0 Å². The van der Waals surface area contributed by atoms with Gasteiger partial charge in [-0.1, -0.05) is 5.11 Å². The van der Waals surface area contributed by atoms with Gasteiger partial charge in [0, 0.05) is 25.9 Å². The number of methoxy groups -OCH3 is 2. The summed E-state index contributed by atoms with van der Waals surface area (Å²) >= 11 is 0. The number of hydrogen-bond acceptors (Lipinski definition) is 9. The molecule has 1 aliphatic rings. The second kappa shape index (κ2) is 8.32. The molecule has 11 nitrogen and oxygen atoms in total. The van der Waals surface area contributed by atoms with Gasteiger partial charge in [-0.15, -0.1) is 0 Å². The van der Waals surface area contributed by atoms with Crippen molar-refractivity contribution in [2.45, 2.75) is 44.5 Å². The van der Waals surface area contributed by atoms with Crippen LogP contribution in [0.2, 0.25) is 0 Å². The molecule has 1 heterocycles. The van der Waals surface area contributed by atoms with E-state index in [1.54, 1.807) is 0 Å². The molecule has 23 heavy (non-hydrogen) atoms. The standard InChI is InChI=1S/C12H17N3O8/c1-5(16)21-9-8(7(14-15-13)11(18)19-3)23-12(20-4)10(9)22-6(2)17/h7-10,12H,1-4H3/t7-,8+,9+,10+,12+/m0/s1. The Balaban J connectivity index is 3.20. The van der Waals surface area contributed by atoms with Crippen LogP contribution in [0.4, 0.5) is 0 Å². The molecular formula is C12H17N3O8. The lowest BCUT2D eigenvalue weighted by atomic mass is 10.0. The van der Waals surface area contributed by atoms with Crippen molar-refractivity contribution < 1.29 is 38.1 Å². The lowest BCUT2D eigenvalue weighted by Gasteiger charge is -2.24. The first-order valence-electron chi connectivity index (χ1n) is 6.50. The number of carbonyl (C=O) groups excluding carboxylic acids is 3. The molecular weight excluding hydrogens is 314 g/mol. The zero-order chi connectivity index (χ0) is 17.6. The van der Waals surface area contributed by atoms with E-state index in [1.165, 1.54) is 7.11 Å². The monoisotopic (exact) mass is 331 g/mol. The van der Waals surface area contributed by atoms with Crippen LogP contribution in [-0.4, -0.2) is 62.8 Å². The highest BCUT2D eigenvalue weighted by molar-refractivity contribution is 5.77. The minimum atomic E-state index is -1.45. The van der Waals surface area contributed by atoms with E-state index in [9.17, 15) is 14.4 Å². The molecule has 1 aliphatic heterocycles. The molecule has 0 unspecified atom stereocenters. The first-order chi connectivity index (χ1) is 10.8. The normalized spacial score (nSPS) is 27.5. The van der Waals surface area contributed by atoms with Gasteiger partial charge in [-0.05, 0) is 5.53 Å². The summed E-state index contributed by atoms with van der Waals surface area (Å²) < 4.78 is 25.1. The summed E-state index contributed by atoms with van der Waals surface area (Å²) in [5.74, 6) is -2.28. The molecule has 0 aromatic rings. The molecule has 1 saturated heterocycles. The van der Waals surface area contributed by atoms with Crippen LogP contribution in [-0.2, 0) is 38.1 Å². The smallest absolute Gasteiger partial charge is 0.317 e. The lowest BCUT2D eigenvalue weighted by Crippen LogP contribution is -2.45. The van der Waals surface area contributed by atoms with Crippen LogP contribution in [0.25, 0.3) is 10.4 Å². The van der Waals surface area contributed by atoms with Crippen LogP contribution in [0.15, 0.2) is 5.11 Å². The second-order valence-electron chi connectivity index (χ2n) is 4.53. The molecule has 0 saturated carbocycles. The largest absolute Gasteiger partial charge is 0.469 e. The fraction of sp³-hybridized carbons (Fsp3) is 0.750. The lowest BCUT2D eigenvalue weighted by molar-refractivity contribution is -0.181. The van der Waals surface area contributed by atoms with Crippen LogP contribution >= 0.6 is 0 Å². The molecule has 1 rings (SSSR count). The van der Waals surface area contributed by atoms with Crippen LogP contribution < -0.4 is 0 Å². The maximum absolute atomic E-state index is 11.8. The number of esters is 3. The van der Waals surface area contributed by atoms with Crippen LogP contribution in [0.5, 0.6) is 0 Å². The number of nitrogens with zero attached hydrogens (tertiary/aromatic N) is 3. The van der Waals surface area contributed by atoms with Crippen molar-refractivity contribution in [2.75, 3.05) is 14.2 Å². The number of ether oxygens (including phenoxy) is 5. The summed E-state index contributed by atoms with van der Waals surface area (Å²) in [5, 5.41) is 3.31. The van der Waals surface area contributed by atoms with Gasteiger partial charge < -0.3 is 23.7 Å². The number of carbonyl (C=O) groups is 3. The molecule has 0 radical (unpaired) electrons. The highest BCUT2D eigenvalue weighted by Crippen LogP contribution is 2.31. The van der Waals surface area contributed by atoms with Gasteiger partial charge in [-0.3, -0.25) is 14.4 Å². The Hall–Kier alpha value is -2.36. The van der Waals surface area contributed by atoms with Crippen molar-refractivity contribution in [1.82, 2.24) is 0 Å². The summed E-state index contributed by atoms with van der Waals surface area (Å²) in [4.78, 5) is 36.9. The summed E-state index contributed by atoms with van der Waals surface area (Å²) in [7, 11) is 2.37. The van der Waals surface area contributed by atoms with Crippen LogP contribution in [0, 0.1) is 0 Å². The molecule has 0 aromatic heterocycles. The third kappa shape index (κ3) is 4.55. The van der Waals surface area contributed by atoms with Gasteiger partial charge in [0.2, 0.25) is 0 Å². The quantitative estimate of drug-likeness (QED) is 0.218. The Bertz CT molecular complexity index is 518. The van der Waals surface area contributed by atoms with E-state index in [-0.39, 0.29) is 0 Å². The van der Waals surface area contributed by atoms with E-state index in [4.69, 9.17) is 24.5 Å². The van der Waals surface area contributed by atoms with Crippen molar-refractivity contribution >= 4 is 17.9 Å². The topological polar surface area (TPSA) is 146 Å². The first-order valence-corrected chi connectivity index (χ1v) is 6.50. The van der Waals surface area contributed by atoms with Crippen LogP contribution in [0.1, 0.15) is 13.8 Å². The Morgan fingerprint density at radius 3 is 2.13 bits per heavy atom. The van der Waals surface area contributed by atoms with Gasteiger partial charge in [-0.25, -0.2) is 0 Å².